The molecule has 0 spiro atoms. The zero-order valence-corrected chi connectivity index (χ0v) is 22.7. The lowest BCUT2D eigenvalue weighted by Gasteiger charge is -2.68. The zero-order chi connectivity index (χ0) is 25.6. The summed E-state index contributed by atoms with van der Waals surface area (Å²) in [6.07, 6.45) is 7.35. The fraction of sp³-hybridized carbons (Fsp3) is 0.897. The van der Waals surface area contributed by atoms with Crippen LogP contribution in [0.25, 0.3) is 0 Å². The Hall–Kier alpha value is -1.59. The van der Waals surface area contributed by atoms with Gasteiger partial charge in [-0.1, -0.05) is 20.8 Å². The van der Waals surface area contributed by atoms with E-state index in [9.17, 15) is 14.4 Å². The Bertz CT molecular complexity index is 941. The van der Waals surface area contributed by atoms with Crippen molar-refractivity contribution in [1.29, 1.82) is 0 Å². The lowest BCUT2D eigenvalue weighted by molar-refractivity contribution is -0.231. The van der Waals surface area contributed by atoms with E-state index in [1.165, 1.54) is 6.92 Å². The van der Waals surface area contributed by atoms with Crippen molar-refractivity contribution in [2.45, 2.75) is 124 Å². The molecule has 0 N–H and O–H groups in total. The van der Waals surface area contributed by atoms with E-state index < -0.39 is 11.7 Å². The smallest absolute Gasteiger partial charge is 0.310 e. The average molecular weight is 489 g/mol. The van der Waals surface area contributed by atoms with E-state index in [1.54, 1.807) is 0 Å². The fourth-order valence-electron chi connectivity index (χ4n) is 10.4. The molecule has 5 aliphatic rings. The molecule has 0 bridgehead atoms. The molecule has 0 unspecified atom stereocenters. The first kappa shape index (κ1) is 25.1. The number of esters is 3. The van der Waals surface area contributed by atoms with Crippen molar-refractivity contribution in [3.8, 4) is 0 Å². The van der Waals surface area contributed by atoms with Crippen LogP contribution in [0.3, 0.4) is 0 Å². The topological polar surface area (TPSA) is 78.9 Å². The van der Waals surface area contributed by atoms with Gasteiger partial charge in [0.05, 0.1) is 6.42 Å². The summed E-state index contributed by atoms with van der Waals surface area (Å²) < 4.78 is 17.9. The molecule has 3 aliphatic carbocycles. The fourth-order valence-corrected chi connectivity index (χ4v) is 10.4. The number of cyclic esters (lactones) is 2. The van der Waals surface area contributed by atoms with Crippen molar-refractivity contribution in [2.75, 3.05) is 0 Å². The van der Waals surface area contributed by atoms with Gasteiger partial charge in [-0.3, -0.25) is 14.4 Å². The van der Waals surface area contributed by atoms with Crippen LogP contribution in [0.4, 0.5) is 0 Å². The molecule has 5 fully saturated rings. The summed E-state index contributed by atoms with van der Waals surface area (Å²) in [6.45, 7) is 14.9. The minimum absolute atomic E-state index is 0.0384. The summed E-state index contributed by atoms with van der Waals surface area (Å²) >= 11 is 0. The van der Waals surface area contributed by atoms with Gasteiger partial charge in [0.15, 0.2) is 0 Å². The predicted molar refractivity (Wildman–Crippen MR) is 130 cm³/mol. The molecular weight excluding hydrogens is 444 g/mol. The summed E-state index contributed by atoms with van der Waals surface area (Å²) in [5.74, 6) is 0.677. The highest BCUT2D eigenvalue weighted by atomic mass is 16.6. The van der Waals surface area contributed by atoms with Crippen LogP contribution in [0.5, 0.6) is 0 Å². The molecule has 5 rings (SSSR count). The number of hydrogen-bond donors (Lipinski definition) is 0. The van der Waals surface area contributed by atoms with E-state index in [4.69, 9.17) is 14.2 Å². The SMILES string of the molecule is CC(=O)O[C@@H]1CC(=O)OC(C)(C)[C@@H]2CC[C@]3(C)[C@H](CC[C@H]4[C@@H]([C@@]5(C)CCC(=O)O5)CC[C@]43C)[C@@]12C. The quantitative estimate of drug-likeness (QED) is 0.372. The summed E-state index contributed by atoms with van der Waals surface area (Å²) in [5, 5.41) is 0. The van der Waals surface area contributed by atoms with Gasteiger partial charge in [0.25, 0.3) is 0 Å². The third-order valence-corrected chi connectivity index (χ3v) is 12.1. The number of fused-ring (bicyclic) bond motifs is 5. The van der Waals surface area contributed by atoms with E-state index in [-0.39, 0.29) is 52.1 Å². The third-order valence-electron chi connectivity index (χ3n) is 12.1. The summed E-state index contributed by atoms with van der Waals surface area (Å²) in [7, 11) is 0. The van der Waals surface area contributed by atoms with Crippen LogP contribution in [-0.2, 0) is 28.6 Å². The van der Waals surface area contributed by atoms with Crippen LogP contribution in [0.2, 0.25) is 0 Å². The molecule has 35 heavy (non-hydrogen) atoms. The first-order chi connectivity index (χ1) is 16.2. The highest BCUT2D eigenvalue weighted by Gasteiger charge is 2.71. The molecule has 0 aromatic heterocycles. The lowest BCUT2D eigenvalue weighted by atomic mass is 9.37. The van der Waals surface area contributed by atoms with E-state index in [0.717, 1.165) is 44.9 Å². The van der Waals surface area contributed by atoms with Gasteiger partial charge in [0.1, 0.15) is 17.3 Å². The van der Waals surface area contributed by atoms with Gasteiger partial charge in [-0.05, 0) is 88.4 Å². The highest BCUT2D eigenvalue weighted by molar-refractivity contribution is 5.73. The summed E-state index contributed by atoms with van der Waals surface area (Å²) in [6, 6.07) is 0. The Morgan fingerprint density at radius 2 is 1.49 bits per heavy atom. The molecule has 0 amide bonds. The van der Waals surface area contributed by atoms with Crippen molar-refractivity contribution < 1.29 is 28.6 Å². The molecule has 0 radical (unpaired) electrons. The van der Waals surface area contributed by atoms with E-state index >= 15 is 0 Å². The van der Waals surface area contributed by atoms with Crippen LogP contribution in [0.15, 0.2) is 0 Å². The van der Waals surface area contributed by atoms with E-state index in [1.807, 2.05) is 13.8 Å². The Kier molecular flexibility index (Phi) is 5.52. The maximum absolute atomic E-state index is 12.9. The molecule has 2 heterocycles. The van der Waals surface area contributed by atoms with Crippen molar-refractivity contribution >= 4 is 17.9 Å². The molecule has 0 aromatic rings. The van der Waals surface area contributed by atoms with Crippen LogP contribution >= 0.6 is 0 Å². The molecular formula is C29H44O6. The minimum atomic E-state index is -0.608. The normalized spacial score (nSPS) is 50.8. The molecule has 2 aliphatic heterocycles. The number of rotatable bonds is 2. The first-order valence-electron chi connectivity index (χ1n) is 13.8. The number of carbonyl (C=O) groups excluding carboxylic acids is 3. The molecule has 0 aromatic carbocycles. The van der Waals surface area contributed by atoms with Gasteiger partial charge >= 0.3 is 17.9 Å². The Morgan fingerprint density at radius 3 is 2.11 bits per heavy atom. The molecule has 6 heteroatoms. The molecule has 9 atom stereocenters. The Balaban J connectivity index is 1.56. The summed E-state index contributed by atoms with van der Waals surface area (Å²) in [4.78, 5) is 37.2. The van der Waals surface area contributed by atoms with Crippen LogP contribution < -0.4 is 0 Å². The Morgan fingerprint density at radius 1 is 0.800 bits per heavy atom. The van der Waals surface area contributed by atoms with Gasteiger partial charge < -0.3 is 14.2 Å². The molecule has 6 nitrogen and oxygen atoms in total. The van der Waals surface area contributed by atoms with Crippen LogP contribution in [-0.4, -0.2) is 35.2 Å². The first-order valence-corrected chi connectivity index (χ1v) is 13.8. The maximum Gasteiger partial charge on any atom is 0.310 e. The van der Waals surface area contributed by atoms with Gasteiger partial charge in [0, 0.05) is 30.6 Å². The van der Waals surface area contributed by atoms with E-state index in [2.05, 4.69) is 27.7 Å². The summed E-state index contributed by atoms with van der Waals surface area (Å²) in [5.41, 5.74) is -1.17. The van der Waals surface area contributed by atoms with Crippen molar-refractivity contribution in [3.05, 3.63) is 0 Å². The molecule has 2 saturated heterocycles. The van der Waals surface area contributed by atoms with Crippen LogP contribution in [0.1, 0.15) is 106 Å². The van der Waals surface area contributed by atoms with E-state index in [0.29, 0.717) is 24.2 Å². The largest absolute Gasteiger partial charge is 0.461 e. The van der Waals surface area contributed by atoms with Crippen LogP contribution in [0, 0.1) is 39.9 Å². The number of ether oxygens (including phenoxy) is 3. The third kappa shape index (κ3) is 3.36. The van der Waals surface area contributed by atoms with Gasteiger partial charge in [-0.25, -0.2) is 0 Å². The predicted octanol–water partition coefficient (Wildman–Crippen LogP) is 5.60. The zero-order valence-electron chi connectivity index (χ0n) is 22.7. The maximum atomic E-state index is 12.9. The monoisotopic (exact) mass is 488 g/mol. The van der Waals surface area contributed by atoms with Crippen molar-refractivity contribution in [2.24, 2.45) is 39.9 Å². The molecule has 3 saturated carbocycles. The second-order valence-electron chi connectivity index (χ2n) is 13.8. The Labute approximate surface area is 210 Å². The molecule has 196 valence electrons. The number of hydrogen-bond acceptors (Lipinski definition) is 6. The lowest BCUT2D eigenvalue weighted by Crippen LogP contribution is -2.65. The van der Waals surface area contributed by atoms with Crippen molar-refractivity contribution in [1.82, 2.24) is 0 Å². The van der Waals surface area contributed by atoms with Gasteiger partial charge in [0.2, 0.25) is 0 Å². The second kappa shape index (κ2) is 7.71. The van der Waals surface area contributed by atoms with Gasteiger partial charge in [-0.15, -0.1) is 0 Å². The van der Waals surface area contributed by atoms with Gasteiger partial charge in [-0.2, -0.15) is 0 Å². The second-order valence-corrected chi connectivity index (χ2v) is 13.8. The highest BCUT2D eigenvalue weighted by Crippen LogP contribution is 2.75. The standard InChI is InChI=1S/C29H44O6/c1-17(30)33-22-16-24(32)34-25(2,3)20-11-14-27(5)21(29(20,22)7)9-8-18-19(10-13-26(18,27)4)28(6)15-12-23(31)35-28/h18-22H,8-16H2,1-7H3/t18-,19-,20-,21-,22+,26+,27+,28+,29-/m0/s1. The average Bonchev–Trinajstić information content (AvgIpc) is 3.25. The number of carbonyl (C=O) groups is 3. The van der Waals surface area contributed by atoms with Crippen molar-refractivity contribution in [3.63, 3.8) is 0 Å². The minimum Gasteiger partial charge on any atom is -0.461 e.